The molecule has 5 heteroatoms. The third-order valence-corrected chi connectivity index (χ3v) is 5.01. The topological polar surface area (TPSA) is 31.4 Å². The number of anilines is 1. The van der Waals surface area contributed by atoms with Gasteiger partial charge >= 0.3 is 0 Å². The van der Waals surface area contributed by atoms with Crippen molar-refractivity contribution in [3.8, 4) is 0 Å². The van der Waals surface area contributed by atoms with Gasteiger partial charge in [-0.25, -0.2) is 4.98 Å². The van der Waals surface area contributed by atoms with Crippen molar-refractivity contribution in [2.75, 3.05) is 37.6 Å². The van der Waals surface area contributed by atoms with Gasteiger partial charge in [-0.2, -0.15) is 0 Å². The molecule has 1 aromatic heterocycles. The smallest absolute Gasteiger partial charge is 0.185 e. The Morgan fingerprint density at radius 1 is 1.30 bits per heavy atom. The first-order chi connectivity index (χ1) is 9.70. The van der Waals surface area contributed by atoms with E-state index in [1.54, 1.807) is 0 Å². The van der Waals surface area contributed by atoms with Crippen molar-refractivity contribution in [1.82, 2.24) is 15.2 Å². The number of hydrogen-bond acceptors (Lipinski definition) is 5. The molecule has 0 amide bonds. The average Bonchev–Trinajstić information content (AvgIpc) is 3.14. The van der Waals surface area contributed by atoms with Crippen molar-refractivity contribution in [2.24, 2.45) is 5.92 Å². The fourth-order valence-corrected chi connectivity index (χ4v) is 3.61. The summed E-state index contributed by atoms with van der Waals surface area (Å²) in [7, 11) is 0. The lowest BCUT2D eigenvalue weighted by atomic mass is 10.2. The van der Waals surface area contributed by atoms with Gasteiger partial charge in [-0.05, 0) is 18.8 Å². The molecule has 0 spiro atoms. The second-order valence-electron chi connectivity index (χ2n) is 6.45. The van der Waals surface area contributed by atoms with E-state index in [0.717, 1.165) is 31.6 Å². The van der Waals surface area contributed by atoms with Crippen LogP contribution in [0.3, 0.4) is 0 Å². The number of rotatable bonds is 6. The molecule has 0 radical (unpaired) electrons. The van der Waals surface area contributed by atoms with Crippen LogP contribution in [0, 0.1) is 5.92 Å². The van der Waals surface area contributed by atoms with Crippen LogP contribution in [0.4, 0.5) is 5.13 Å². The van der Waals surface area contributed by atoms with Gasteiger partial charge < -0.3 is 10.2 Å². The lowest BCUT2D eigenvalue weighted by Gasteiger charge is -2.35. The standard InChI is InChI=1S/C15H26N4S/c1-12(2)11-18-5-7-19(8-6-18)15-17-10-14(20-15)9-16-13-3-4-13/h10,12-13,16H,3-9,11H2,1-2H3. The molecule has 4 nitrogen and oxygen atoms in total. The predicted octanol–water partition coefficient (Wildman–Crippen LogP) is 2.17. The van der Waals surface area contributed by atoms with Gasteiger partial charge in [0, 0.05) is 56.4 Å². The van der Waals surface area contributed by atoms with Gasteiger partial charge in [0.15, 0.2) is 5.13 Å². The number of nitrogens with zero attached hydrogens (tertiary/aromatic N) is 3. The molecule has 2 heterocycles. The van der Waals surface area contributed by atoms with E-state index in [2.05, 4.69) is 40.1 Å². The molecule has 3 rings (SSSR count). The summed E-state index contributed by atoms with van der Waals surface area (Å²) >= 11 is 1.86. The summed E-state index contributed by atoms with van der Waals surface area (Å²) in [5.41, 5.74) is 0. The zero-order chi connectivity index (χ0) is 13.9. The Balaban J connectivity index is 1.47. The molecule has 1 aliphatic heterocycles. The first-order valence-electron chi connectivity index (χ1n) is 7.86. The molecular weight excluding hydrogens is 268 g/mol. The second-order valence-corrected chi connectivity index (χ2v) is 7.54. The van der Waals surface area contributed by atoms with Gasteiger partial charge in [-0.15, -0.1) is 11.3 Å². The average molecular weight is 294 g/mol. The molecule has 1 N–H and O–H groups in total. The van der Waals surface area contributed by atoms with Gasteiger partial charge in [-0.3, -0.25) is 4.90 Å². The van der Waals surface area contributed by atoms with Crippen LogP contribution < -0.4 is 10.2 Å². The Labute approximate surface area is 126 Å². The third-order valence-electron chi connectivity index (χ3n) is 3.95. The highest BCUT2D eigenvalue weighted by molar-refractivity contribution is 7.15. The van der Waals surface area contributed by atoms with E-state index < -0.39 is 0 Å². The summed E-state index contributed by atoms with van der Waals surface area (Å²) in [6.07, 6.45) is 4.75. The van der Waals surface area contributed by atoms with Crippen LogP contribution in [-0.2, 0) is 6.54 Å². The molecule has 2 fully saturated rings. The third kappa shape index (κ3) is 3.93. The largest absolute Gasteiger partial charge is 0.346 e. The quantitative estimate of drug-likeness (QED) is 0.871. The summed E-state index contributed by atoms with van der Waals surface area (Å²) in [5.74, 6) is 0.765. The highest BCUT2D eigenvalue weighted by Crippen LogP contribution is 2.25. The van der Waals surface area contributed by atoms with Crippen molar-refractivity contribution in [3.05, 3.63) is 11.1 Å². The van der Waals surface area contributed by atoms with Crippen LogP contribution in [0.2, 0.25) is 0 Å². The summed E-state index contributed by atoms with van der Waals surface area (Å²) in [6, 6.07) is 0.778. The fraction of sp³-hybridized carbons (Fsp3) is 0.800. The highest BCUT2D eigenvalue weighted by Gasteiger charge is 2.22. The Morgan fingerprint density at radius 2 is 2.05 bits per heavy atom. The first kappa shape index (κ1) is 14.3. The summed E-state index contributed by atoms with van der Waals surface area (Å²) in [4.78, 5) is 11.0. The molecule has 2 aliphatic rings. The zero-order valence-electron chi connectivity index (χ0n) is 12.6. The van der Waals surface area contributed by atoms with Crippen LogP contribution in [0.25, 0.3) is 0 Å². The molecule has 1 aliphatic carbocycles. The molecule has 0 atom stereocenters. The maximum Gasteiger partial charge on any atom is 0.185 e. The molecule has 1 saturated heterocycles. The van der Waals surface area contributed by atoms with E-state index in [-0.39, 0.29) is 0 Å². The monoisotopic (exact) mass is 294 g/mol. The number of thiazole rings is 1. The summed E-state index contributed by atoms with van der Waals surface area (Å²) in [6.45, 7) is 11.4. The lowest BCUT2D eigenvalue weighted by Crippen LogP contribution is -2.47. The lowest BCUT2D eigenvalue weighted by molar-refractivity contribution is 0.231. The Morgan fingerprint density at radius 3 is 2.70 bits per heavy atom. The van der Waals surface area contributed by atoms with Gasteiger partial charge in [-0.1, -0.05) is 13.8 Å². The van der Waals surface area contributed by atoms with E-state index >= 15 is 0 Å². The van der Waals surface area contributed by atoms with Crippen molar-refractivity contribution in [2.45, 2.75) is 39.3 Å². The van der Waals surface area contributed by atoms with Crippen LogP contribution in [0.5, 0.6) is 0 Å². The van der Waals surface area contributed by atoms with E-state index in [9.17, 15) is 0 Å². The molecule has 1 aromatic rings. The zero-order valence-corrected chi connectivity index (χ0v) is 13.5. The molecule has 0 aromatic carbocycles. The van der Waals surface area contributed by atoms with Gasteiger partial charge in [0.05, 0.1) is 0 Å². The van der Waals surface area contributed by atoms with E-state index in [0.29, 0.717) is 0 Å². The molecule has 1 saturated carbocycles. The predicted molar refractivity (Wildman–Crippen MR) is 85.5 cm³/mol. The Kier molecular flexibility index (Phi) is 4.58. The SMILES string of the molecule is CC(C)CN1CCN(c2ncc(CNC3CC3)s2)CC1. The number of nitrogens with one attached hydrogen (secondary N) is 1. The number of piperazine rings is 1. The molecule has 0 bridgehead atoms. The minimum absolute atomic E-state index is 0.765. The minimum Gasteiger partial charge on any atom is -0.346 e. The fourth-order valence-electron chi connectivity index (χ4n) is 2.70. The maximum absolute atomic E-state index is 4.61. The van der Waals surface area contributed by atoms with Crippen molar-refractivity contribution >= 4 is 16.5 Å². The van der Waals surface area contributed by atoms with Crippen LogP contribution in [0.15, 0.2) is 6.20 Å². The highest BCUT2D eigenvalue weighted by atomic mass is 32.1. The Hall–Kier alpha value is -0.650. The first-order valence-corrected chi connectivity index (χ1v) is 8.68. The molecular formula is C15H26N4S. The second kappa shape index (κ2) is 6.41. The molecule has 112 valence electrons. The number of aromatic nitrogens is 1. The van der Waals surface area contributed by atoms with Crippen LogP contribution in [0.1, 0.15) is 31.6 Å². The van der Waals surface area contributed by atoms with E-state index in [4.69, 9.17) is 0 Å². The van der Waals surface area contributed by atoms with Gasteiger partial charge in [0.25, 0.3) is 0 Å². The van der Waals surface area contributed by atoms with Crippen molar-refractivity contribution in [3.63, 3.8) is 0 Å². The van der Waals surface area contributed by atoms with E-state index in [1.165, 1.54) is 42.5 Å². The number of hydrogen-bond donors (Lipinski definition) is 1. The van der Waals surface area contributed by atoms with Crippen molar-refractivity contribution in [1.29, 1.82) is 0 Å². The summed E-state index contributed by atoms with van der Waals surface area (Å²) < 4.78 is 0. The summed E-state index contributed by atoms with van der Waals surface area (Å²) in [5, 5.41) is 4.77. The van der Waals surface area contributed by atoms with E-state index in [1.807, 2.05) is 11.3 Å². The van der Waals surface area contributed by atoms with Crippen LogP contribution in [-0.4, -0.2) is 48.6 Å². The van der Waals surface area contributed by atoms with Gasteiger partial charge in [0.2, 0.25) is 0 Å². The maximum atomic E-state index is 4.61. The van der Waals surface area contributed by atoms with Crippen LogP contribution >= 0.6 is 11.3 Å². The normalized spacial score (nSPS) is 20.9. The Bertz CT molecular complexity index is 419. The van der Waals surface area contributed by atoms with Crippen molar-refractivity contribution < 1.29 is 0 Å². The minimum atomic E-state index is 0.765. The van der Waals surface area contributed by atoms with Gasteiger partial charge in [0.1, 0.15) is 0 Å². The molecule has 0 unspecified atom stereocenters. The molecule has 20 heavy (non-hydrogen) atoms.